The minimum atomic E-state index is 0.227. The van der Waals surface area contributed by atoms with Gasteiger partial charge in [-0.15, -0.1) is 11.3 Å². The Kier molecular flexibility index (Phi) is 4.51. The van der Waals surface area contributed by atoms with Gasteiger partial charge in [-0.1, -0.05) is 6.07 Å². The van der Waals surface area contributed by atoms with Crippen molar-refractivity contribution >= 4 is 22.9 Å². The molecule has 0 fully saturated rings. The molecule has 3 aromatic rings. The van der Waals surface area contributed by atoms with Crippen molar-refractivity contribution in [1.29, 1.82) is 0 Å². The predicted octanol–water partition coefficient (Wildman–Crippen LogP) is 4.25. The first-order valence-corrected chi connectivity index (χ1v) is 10.7. The molecule has 2 aliphatic rings. The zero-order valence-corrected chi connectivity index (χ0v) is 17.3. The summed E-state index contributed by atoms with van der Waals surface area (Å²) in [4.78, 5) is 19.1. The second-order valence-corrected chi connectivity index (χ2v) is 8.40. The van der Waals surface area contributed by atoms with Crippen molar-refractivity contribution in [2.45, 2.75) is 25.7 Å². The summed E-state index contributed by atoms with van der Waals surface area (Å²) in [6.45, 7) is 0.852. The lowest BCUT2D eigenvalue weighted by atomic mass is 9.96. The van der Waals surface area contributed by atoms with Gasteiger partial charge in [0.05, 0.1) is 37.0 Å². The number of hydrogen-bond donors (Lipinski definition) is 0. The predicted molar refractivity (Wildman–Crippen MR) is 114 cm³/mol. The number of methoxy groups -OCH3 is 2. The van der Waals surface area contributed by atoms with Crippen molar-refractivity contribution in [3.8, 4) is 22.8 Å². The maximum Gasteiger partial charge on any atom is 0.231 e. The van der Waals surface area contributed by atoms with E-state index in [1.54, 1.807) is 25.6 Å². The number of amides is 1. The number of carbonyl (C=O) groups excluding carboxylic acids is 1. The molecular formula is C23H22N2O3S. The van der Waals surface area contributed by atoms with Crippen LogP contribution < -0.4 is 14.4 Å². The molecule has 148 valence electrons. The number of thiazole rings is 1. The first kappa shape index (κ1) is 18.2. The second kappa shape index (κ2) is 7.19. The highest BCUT2D eigenvalue weighted by Gasteiger charge is 2.32. The van der Waals surface area contributed by atoms with Gasteiger partial charge in [0.15, 0.2) is 11.5 Å². The fourth-order valence-corrected chi connectivity index (χ4v) is 5.15. The summed E-state index contributed by atoms with van der Waals surface area (Å²) >= 11 is 1.66. The highest BCUT2D eigenvalue weighted by atomic mass is 32.1. The summed E-state index contributed by atoms with van der Waals surface area (Å²) in [6.07, 6.45) is 3.32. The molecule has 0 aliphatic carbocycles. The zero-order valence-electron chi connectivity index (χ0n) is 16.5. The number of hydrogen-bond acceptors (Lipinski definition) is 5. The van der Waals surface area contributed by atoms with E-state index in [0.29, 0.717) is 6.42 Å². The molecule has 1 aromatic heterocycles. The summed E-state index contributed by atoms with van der Waals surface area (Å²) in [5.41, 5.74) is 6.83. The minimum Gasteiger partial charge on any atom is -0.493 e. The Morgan fingerprint density at radius 3 is 2.76 bits per heavy atom. The number of aryl methyl sites for hydroxylation is 1. The lowest BCUT2D eigenvalue weighted by molar-refractivity contribution is -0.117. The van der Waals surface area contributed by atoms with Crippen molar-refractivity contribution in [2.75, 3.05) is 25.7 Å². The molecule has 0 radical (unpaired) electrons. The molecule has 5 nitrogen and oxygen atoms in total. The van der Waals surface area contributed by atoms with E-state index in [-0.39, 0.29) is 5.91 Å². The topological polar surface area (TPSA) is 51.7 Å². The Morgan fingerprint density at radius 2 is 1.93 bits per heavy atom. The van der Waals surface area contributed by atoms with Crippen LogP contribution >= 0.6 is 11.3 Å². The Balaban J connectivity index is 1.43. The molecule has 0 atom stereocenters. The first-order valence-electron chi connectivity index (χ1n) is 9.78. The molecule has 0 N–H and O–H groups in total. The van der Waals surface area contributed by atoms with Crippen LogP contribution in [0.3, 0.4) is 0 Å². The third-order valence-corrected chi connectivity index (χ3v) is 6.51. The minimum absolute atomic E-state index is 0.227. The molecule has 0 saturated heterocycles. The van der Waals surface area contributed by atoms with Gasteiger partial charge in [-0.2, -0.15) is 0 Å². The van der Waals surface area contributed by atoms with Gasteiger partial charge in [0.2, 0.25) is 5.91 Å². The van der Waals surface area contributed by atoms with Crippen LogP contribution in [0.25, 0.3) is 11.3 Å². The Hall–Kier alpha value is -2.86. The Morgan fingerprint density at radius 1 is 1.10 bits per heavy atom. The van der Waals surface area contributed by atoms with Gasteiger partial charge in [-0.25, -0.2) is 4.98 Å². The number of ether oxygens (including phenoxy) is 2. The van der Waals surface area contributed by atoms with Crippen LogP contribution in [0, 0.1) is 0 Å². The SMILES string of the molecule is COc1ccc(Cc2nc(-c3cc4c5c(c3)CC(=O)N5CCC4)cs2)cc1OC. The largest absolute Gasteiger partial charge is 0.493 e. The van der Waals surface area contributed by atoms with Crippen LogP contribution in [0.5, 0.6) is 11.5 Å². The standard InChI is InChI=1S/C23H22N2O3S/c1-27-19-6-5-14(8-20(19)28-2)9-21-24-18(13-29-21)16-10-15-4-3-7-25-22(26)12-17(11-16)23(15)25/h5-6,8,10-11,13H,3-4,7,9,12H2,1-2H3. The van der Waals surface area contributed by atoms with E-state index in [4.69, 9.17) is 14.5 Å². The van der Waals surface area contributed by atoms with Gasteiger partial charge in [-0.3, -0.25) is 4.79 Å². The molecule has 5 rings (SSSR count). The number of benzene rings is 2. The number of nitrogens with zero attached hydrogens (tertiary/aromatic N) is 2. The highest BCUT2D eigenvalue weighted by molar-refractivity contribution is 7.10. The number of anilines is 1. The van der Waals surface area contributed by atoms with E-state index in [1.165, 1.54) is 5.56 Å². The molecule has 0 spiro atoms. The molecule has 1 amide bonds. The molecule has 0 bridgehead atoms. The summed E-state index contributed by atoms with van der Waals surface area (Å²) in [7, 11) is 3.29. The van der Waals surface area contributed by atoms with E-state index in [9.17, 15) is 4.79 Å². The normalized spacial score (nSPS) is 14.8. The van der Waals surface area contributed by atoms with E-state index in [2.05, 4.69) is 17.5 Å². The van der Waals surface area contributed by atoms with Crippen LogP contribution in [0.4, 0.5) is 5.69 Å². The van der Waals surface area contributed by atoms with E-state index >= 15 is 0 Å². The average Bonchev–Trinajstić information content (AvgIpc) is 3.33. The monoisotopic (exact) mass is 406 g/mol. The molecule has 2 aliphatic heterocycles. The number of rotatable bonds is 5. The van der Waals surface area contributed by atoms with E-state index in [1.807, 2.05) is 23.1 Å². The quantitative estimate of drug-likeness (QED) is 0.636. The molecule has 29 heavy (non-hydrogen) atoms. The smallest absolute Gasteiger partial charge is 0.231 e. The van der Waals surface area contributed by atoms with Crippen LogP contribution in [0.15, 0.2) is 35.7 Å². The fraction of sp³-hybridized carbons (Fsp3) is 0.304. The second-order valence-electron chi connectivity index (χ2n) is 7.46. The molecule has 0 unspecified atom stereocenters. The van der Waals surface area contributed by atoms with Gasteiger partial charge in [0.1, 0.15) is 0 Å². The lowest BCUT2D eigenvalue weighted by Crippen LogP contribution is -2.31. The third kappa shape index (κ3) is 3.17. The number of aromatic nitrogens is 1. The fourth-order valence-electron chi connectivity index (χ4n) is 4.32. The highest BCUT2D eigenvalue weighted by Crippen LogP contribution is 2.40. The molecule has 6 heteroatoms. The van der Waals surface area contributed by atoms with Crippen molar-refractivity contribution < 1.29 is 14.3 Å². The van der Waals surface area contributed by atoms with Crippen molar-refractivity contribution in [1.82, 2.24) is 4.98 Å². The van der Waals surface area contributed by atoms with Crippen LogP contribution in [-0.4, -0.2) is 31.7 Å². The van der Waals surface area contributed by atoms with Gasteiger partial charge in [0.25, 0.3) is 0 Å². The van der Waals surface area contributed by atoms with Crippen LogP contribution in [0.1, 0.15) is 28.1 Å². The Bertz CT molecular complexity index is 1110. The summed E-state index contributed by atoms with van der Waals surface area (Å²) in [5, 5.41) is 3.17. The van der Waals surface area contributed by atoms with E-state index in [0.717, 1.165) is 70.4 Å². The van der Waals surface area contributed by atoms with Gasteiger partial charge in [-0.05, 0) is 53.8 Å². The molecular weight excluding hydrogens is 384 g/mol. The summed E-state index contributed by atoms with van der Waals surface area (Å²) in [5.74, 6) is 1.69. The summed E-state index contributed by atoms with van der Waals surface area (Å²) in [6, 6.07) is 10.3. The third-order valence-electron chi connectivity index (χ3n) is 5.66. The van der Waals surface area contributed by atoms with Crippen LogP contribution in [0.2, 0.25) is 0 Å². The molecule has 0 saturated carbocycles. The zero-order chi connectivity index (χ0) is 20.0. The lowest BCUT2D eigenvalue weighted by Gasteiger charge is -2.25. The van der Waals surface area contributed by atoms with E-state index < -0.39 is 0 Å². The van der Waals surface area contributed by atoms with Crippen molar-refractivity contribution in [3.05, 3.63) is 57.4 Å². The van der Waals surface area contributed by atoms with Crippen molar-refractivity contribution in [3.63, 3.8) is 0 Å². The van der Waals surface area contributed by atoms with Crippen LogP contribution in [-0.2, 0) is 24.1 Å². The number of carbonyl (C=O) groups is 1. The van der Waals surface area contributed by atoms with Gasteiger partial charge in [0, 0.05) is 23.9 Å². The summed E-state index contributed by atoms with van der Waals surface area (Å²) < 4.78 is 10.7. The maximum atomic E-state index is 12.3. The average molecular weight is 407 g/mol. The van der Waals surface area contributed by atoms with Gasteiger partial charge >= 0.3 is 0 Å². The molecule has 2 aromatic carbocycles. The Labute approximate surface area is 173 Å². The maximum absolute atomic E-state index is 12.3. The van der Waals surface area contributed by atoms with Gasteiger partial charge < -0.3 is 14.4 Å². The van der Waals surface area contributed by atoms with Crippen molar-refractivity contribution in [2.24, 2.45) is 0 Å². The molecule has 3 heterocycles. The first-order chi connectivity index (χ1) is 14.2.